The number of hydrogen-bond donors (Lipinski definition) is 1. The Kier molecular flexibility index (Phi) is 3.16. The molecule has 90 valence electrons. The molecule has 1 fully saturated rings. The van der Waals surface area contributed by atoms with E-state index in [-0.39, 0.29) is 24.8 Å². The van der Waals surface area contributed by atoms with E-state index in [2.05, 4.69) is 4.98 Å². The predicted octanol–water partition coefficient (Wildman–Crippen LogP) is -0.340. The first-order chi connectivity index (χ1) is 8.08. The van der Waals surface area contributed by atoms with Crippen LogP contribution >= 0.6 is 11.3 Å². The standard InChI is InChI=1S/C9H8N2O5S/c12-6-2-16-3-7(13)11(6)9-10-5(4-17-9)1-8(14)15/h4H,1-3H2,(H,14,15). The second-order valence-electron chi connectivity index (χ2n) is 3.31. The van der Waals surface area contributed by atoms with Crippen molar-refractivity contribution < 1.29 is 24.2 Å². The van der Waals surface area contributed by atoms with Crippen molar-refractivity contribution in [2.24, 2.45) is 0 Å². The number of morpholine rings is 1. The molecule has 1 N–H and O–H groups in total. The molecule has 1 aromatic rings. The van der Waals surface area contributed by atoms with Crippen LogP contribution in [0.15, 0.2) is 5.38 Å². The molecule has 0 radical (unpaired) electrons. The van der Waals surface area contributed by atoms with E-state index in [0.29, 0.717) is 5.69 Å². The summed E-state index contributed by atoms with van der Waals surface area (Å²) in [5.74, 6) is -1.99. The van der Waals surface area contributed by atoms with Gasteiger partial charge in [-0.05, 0) is 0 Å². The zero-order valence-electron chi connectivity index (χ0n) is 8.58. The number of carbonyl (C=O) groups is 3. The maximum absolute atomic E-state index is 11.5. The molecule has 0 atom stereocenters. The zero-order chi connectivity index (χ0) is 12.4. The Morgan fingerprint density at radius 2 is 2.12 bits per heavy atom. The maximum atomic E-state index is 11.5. The van der Waals surface area contributed by atoms with Crippen LogP contribution < -0.4 is 4.90 Å². The minimum Gasteiger partial charge on any atom is -0.481 e. The van der Waals surface area contributed by atoms with Gasteiger partial charge in [-0.15, -0.1) is 11.3 Å². The van der Waals surface area contributed by atoms with E-state index in [9.17, 15) is 14.4 Å². The molecular weight excluding hydrogens is 248 g/mol. The molecule has 7 nitrogen and oxygen atoms in total. The van der Waals surface area contributed by atoms with Gasteiger partial charge < -0.3 is 9.84 Å². The highest BCUT2D eigenvalue weighted by molar-refractivity contribution is 7.14. The quantitative estimate of drug-likeness (QED) is 0.743. The van der Waals surface area contributed by atoms with E-state index >= 15 is 0 Å². The summed E-state index contributed by atoms with van der Waals surface area (Å²) >= 11 is 1.06. The van der Waals surface area contributed by atoms with E-state index in [4.69, 9.17) is 9.84 Å². The van der Waals surface area contributed by atoms with E-state index in [0.717, 1.165) is 16.2 Å². The third-order valence-corrected chi connectivity index (χ3v) is 2.89. The van der Waals surface area contributed by atoms with Crippen molar-refractivity contribution in [3.05, 3.63) is 11.1 Å². The average molecular weight is 256 g/mol. The molecule has 8 heteroatoms. The smallest absolute Gasteiger partial charge is 0.309 e. The molecule has 1 aromatic heterocycles. The average Bonchev–Trinajstić information content (AvgIpc) is 2.65. The molecule has 2 rings (SSSR count). The van der Waals surface area contributed by atoms with E-state index in [1.165, 1.54) is 5.38 Å². The number of hydrogen-bond acceptors (Lipinski definition) is 6. The van der Waals surface area contributed by atoms with Gasteiger partial charge in [0.2, 0.25) is 0 Å². The number of carboxylic acids is 1. The Morgan fingerprint density at radius 3 is 2.71 bits per heavy atom. The number of carboxylic acid groups (broad SMARTS) is 1. The van der Waals surface area contributed by atoms with Gasteiger partial charge in [-0.2, -0.15) is 0 Å². The molecule has 2 amide bonds. The van der Waals surface area contributed by atoms with Crippen molar-refractivity contribution in [2.75, 3.05) is 18.1 Å². The topological polar surface area (TPSA) is 96.8 Å². The van der Waals surface area contributed by atoms with Crippen molar-refractivity contribution in [1.82, 2.24) is 4.98 Å². The monoisotopic (exact) mass is 256 g/mol. The van der Waals surface area contributed by atoms with Gasteiger partial charge in [0.1, 0.15) is 13.2 Å². The van der Waals surface area contributed by atoms with E-state index in [1.54, 1.807) is 0 Å². The van der Waals surface area contributed by atoms with Crippen molar-refractivity contribution in [2.45, 2.75) is 6.42 Å². The molecule has 0 aromatic carbocycles. The summed E-state index contributed by atoms with van der Waals surface area (Å²) in [5.41, 5.74) is 0.324. The van der Waals surface area contributed by atoms with Crippen LogP contribution in [0.3, 0.4) is 0 Å². The number of thiazole rings is 1. The van der Waals surface area contributed by atoms with Crippen LogP contribution in [0, 0.1) is 0 Å². The number of amides is 2. The fourth-order valence-corrected chi connectivity index (χ4v) is 2.20. The number of ether oxygens (including phenoxy) is 1. The minimum absolute atomic E-state index is 0.167. The number of aromatic nitrogens is 1. The second-order valence-corrected chi connectivity index (χ2v) is 4.14. The lowest BCUT2D eigenvalue weighted by Crippen LogP contribution is -2.46. The molecular formula is C9H8N2O5S. The van der Waals surface area contributed by atoms with Gasteiger partial charge in [0.15, 0.2) is 5.13 Å². The number of aliphatic carboxylic acids is 1. The Bertz CT molecular complexity index is 467. The molecule has 0 spiro atoms. The van der Waals surface area contributed by atoms with E-state index in [1.807, 2.05) is 0 Å². The van der Waals surface area contributed by atoms with Crippen LogP contribution in [-0.2, 0) is 25.5 Å². The molecule has 1 aliphatic heterocycles. The summed E-state index contributed by atoms with van der Waals surface area (Å²) in [5, 5.41) is 10.3. The summed E-state index contributed by atoms with van der Waals surface area (Å²) in [7, 11) is 0. The summed E-state index contributed by atoms with van der Waals surface area (Å²) in [6.45, 7) is -0.334. The summed E-state index contributed by atoms with van der Waals surface area (Å²) in [4.78, 5) is 38.3. The van der Waals surface area contributed by atoms with Gasteiger partial charge in [0, 0.05) is 5.38 Å². The van der Waals surface area contributed by atoms with Crippen LogP contribution in [0.5, 0.6) is 0 Å². The van der Waals surface area contributed by atoms with Crippen LogP contribution in [0.1, 0.15) is 5.69 Å². The Balaban J connectivity index is 2.21. The van der Waals surface area contributed by atoms with Crippen molar-refractivity contribution >= 4 is 34.3 Å². The van der Waals surface area contributed by atoms with Gasteiger partial charge in [-0.1, -0.05) is 0 Å². The normalized spacial score (nSPS) is 16.4. The molecule has 0 unspecified atom stereocenters. The predicted molar refractivity (Wildman–Crippen MR) is 56.8 cm³/mol. The molecule has 1 saturated heterocycles. The first kappa shape index (κ1) is 11.7. The SMILES string of the molecule is O=C(O)Cc1csc(N2C(=O)COCC2=O)n1. The maximum Gasteiger partial charge on any atom is 0.309 e. The zero-order valence-corrected chi connectivity index (χ0v) is 9.40. The molecule has 17 heavy (non-hydrogen) atoms. The van der Waals surface area contributed by atoms with Gasteiger partial charge in [0.25, 0.3) is 11.8 Å². The second kappa shape index (κ2) is 4.60. The fraction of sp³-hybridized carbons (Fsp3) is 0.333. The molecule has 1 aliphatic rings. The molecule has 0 bridgehead atoms. The van der Waals surface area contributed by atoms with Gasteiger partial charge in [0.05, 0.1) is 12.1 Å². The lowest BCUT2D eigenvalue weighted by atomic mass is 10.3. The van der Waals surface area contributed by atoms with Crippen molar-refractivity contribution in [1.29, 1.82) is 0 Å². The van der Waals surface area contributed by atoms with Crippen LogP contribution in [-0.4, -0.2) is 41.1 Å². The number of imide groups is 1. The highest BCUT2D eigenvalue weighted by Gasteiger charge is 2.30. The van der Waals surface area contributed by atoms with Gasteiger partial charge >= 0.3 is 5.97 Å². The fourth-order valence-electron chi connectivity index (χ4n) is 1.34. The van der Waals surface area contributed by atoms with E-state index < -0.39 is 17.8 Å². The Labute approximate surface area is 99.6 Å². The van der Waals surface area contributed by atoms with Crippen molar-refractivity contribution in [3.63, 3.8) is 0 Å². The summed E-state index contributed by atoms with van der Waals surface area (Å²) in [6, 6.07) is 0. The lowest BCUT2D eigenvalue weighted by Gasteiger charge is -2.22. The largest absolute Gasteiger partial charge is 0.481 e. The van der Waals surface area contributed by atoms with Crippen LogP contribution in [0.25, 0.3) is 0 Å². The summed E-state index contributed by atoms with van der Waals surface area (Å²) in [6.07, 6.45) is -0.233. The number of anilines is 1. The van der Waals surface area contributed by atoms with Gasteiger partial charge in [-0.25, -0.2) is 9.88 Å². The highest BCUT2D eigenvalue weighted by Crippen LogP contribution is 2.22. The summed E-state index contributed by atoms with van der Waals surface area (Å²) < 4.78 is 4.76. The van der Waals surface area contributed by atoms with Crippen LogP contribution in [0.4, 0.5) is 5.13 Å². The first-order valence-electron chi connectivity index (χ1n) is 4.67. The van der Waals surface area contributed by atoms with Gasteiger partial charge in [-0.3, -0.25) is 14.4 Å². The third-order valence-electron chi connectivity index (χ3n) is 2.01. The van der Waals surface area contributed by atoms with Crippen molar-refractivity contribution in [3.8, 4) is 0 Å². The minimum atomic E-state index is -1.01. The Hall–Kier alpha value is -1.80. The third kappa shape index (κ3) is 2.48. The molecule has 2 heterocycles. The molecule has 0 saturated carbocycles. The lowest BCUT2D eigenvalue weighted by molar-refractivity contribution is -0.138. The van der Waals surface area contributed by atoms with Crippen LogP contribution in [0.2, 0.25) is 0 Å². The number of carbonyl (C=O) groups excluding carboxylic acids is 2. The highest BCUT2D eigenvalue weighted by atomic mass is 32.1. The Morgan fingerprint density at radius 1 is 1.47 bits per heavy atom. The molecule has 0 aliphatic carbocycles. The number of rotatable bonds is 3. The first-order valence-corrected chi connectivity index (χ1v) is 5.55. The number of nitrogens with zero attached hydrogens (tertiary/aromatic N) is 2.